The molecule has 1 unspecified atom stereocenters. The van der Waals surface area contributed by atoms with Gasteiger partial charge in [-0.05, 0) is 104 Å². The fraction of sp³-hybridized carbons (Fsp3) is 0.525. The Morgan fingerprint density at radius 1 is 1.00 bits per heavy atom. The Morgan fingerprint density at radius 3 is 2.32 bits per heavy atom. The number of anilines is 1. The highest BCUT2D eigenvalue weighted by Gasteiger charge is 2.57. The van der Waals surface area contributed by atoms with Crippen molar-refractivity contribution in [3.8, 4) is 11.6 Å². The standard InChI is InChI=1S/C40H52FN9O5S/c1-27(2)50(28(3)4)39(52)32-20-30(41)11-14-35(32)55-38-37(42-26-43-44-38)47-24-40(25-47)15-18-46(19-16-40)21-29-9-12-31(13-10-29)56(53,54)49-23-33-34(49)22-48(33)36(51)8-7-17-45(5)6/h7-14,20,26-28,33-34H,15-19,21-25H2,1-6H3/b8-7+/t33-,34?/m0/s1. The summed E-state index contributed by atoms with van der Waals surface area (Å²) in [5, 5.41) is 8.16. The van der Waals surface area contributed by atoms with Crippen molar-refractivity contribution in [2.45, 2.75) is 76.1 Å². The molecule has 7 rings (SSSR count). The number of fused-ring (bicyclic) bond motifs is 1. The van der Waals surface area contributed by atoms with Crippen molar-refractivity contribution in [1.82, 2.24) is 39.1 Å². The van der Waals surface area contributed by atoms with E-state index >= 15 is 0 Å². The van der Waals surface area contributed by atoms with Crippen LogP contribution in [0.2, 0.25) is 0 Å². The molecule has 4 aliphatic rings. The molecule has 3 aromatic rings. The van der Waals surface area contributed by atoms with Gasteiger partial charge in [-0.15, -0.1) is 10.2 Å². The average molecular weight is 790 g/mol. The number of sulfonamides is 1. The van der Waals surface area contributed by atoms with Gasteiger partial charge in [-0.25, -0.2) is 17.8 Å². The van der Waals surface area contributed by atoms with E-state index in [1.165, 1.54) is 28.8 Å². The molecule has 0 saturated carbocycles. The van der Waals surface area contributed by atoms with Gasteiger partial charge in [0.1, 0.15) is 17.9 Å². The molecular weight excluding hydrogens is 738 g/mol. The van der Waals surface area contributed by atoms with E-state index in [4.69, 9.17) is 4.74 Å². The molecule has 2 amide bonds. The molecule has 0 aliphatic carbocycles. The van der Waals surface area contributed by atoms with Crippen LogP contribution in [0.3, 0.4) is 0 Å². The first-order chi connectivity index (χ1) is 26.7. The summed E-state index contributed by atoms with van der Waals surface area (Å²) in [5.74, 6) is -0.0516. The topological polar surface area (TPSA) is 136 Å². The highest BCUT2D eigenvalue weighted by atomic mass is 32.2. The van der Waals surface area contributed by atoms with Crippen molar-refractivity contribution in [3.63, 3.8) is 0 Å². The zero-order valence-electron chi connectivity index (χ0n) is 33.0. The minimum atomic E-state index is -3.64. The summed E-state index contributed by atoms with van der Waals surface area (Å²) in [4.78, 5) is 40.8. The second-order valence-electron chi connectivity index (χ2n) is 16.4. The van der Waals surface area contributed by atoms with Crippen molar-refractivity contribution < 1.29 is 27.1 Å². The Hall–Kier alpha value is -4.51. The number of rotatable bonds is 13. The van der Waals surface area contributed by atoms with E-state index < -0.39 is 15.8 Å². The SMILES string of the molecule is CC(C)N(C(=O)c1cc(F)ccc1Oc1nncnc1N1CC2(CCN(Cc3ccc(S(=O)(=O)N4C[C@H]5C4CN5C(=O)/C=C/CN(C)C)cc3)CC2)C1)C(C)C. The number of hydrogen-bond donors (Lipinski definition) is 0. The molecule has 0 radical (unpaired) electrons. The predicted molar refractivity (Wildman–Crippen MR) is 209 cm³/mol. The minimum absolute atomic E-state index is 0.0592. The lowest BCUT2D eigenvalue weighted by molar-refractivity contribution is -0.149. The maximum absolute atomic E-state index is 14.4. The molecule has 0 N–H and O–H groups in total. The maximum Gasteiger partial charge on any atom is 0.282 e. The van der Waals surface area contributed by atoms with E-state index in [0.717, 1.165) is 51.1 Å². The quantitative estimate of drug-likeness (QED) is 0.234. The van der Waals surface area contributed by atoms with Crippen molar-refractivity contribution >= 4 is 27.7 Å². The summed E-state index contributed by atoms with van der Waals surface area (Å²) in [5.41, 5.74) is 1.28. The van der Waals surface area contributed by atoms with Crippen molar-refractivity contribution in [2.24, 2.45) is 5.41 Å². The largest absolute Gasteiger partial charge is 0.434 e. The summed E-state index contributed by atoms with van der Waals surface area (Å²) in [6.07, 6.45) is 6.76. The first-order valence-electron chi connectivity index (χ1n) is 19.3. The van der Waals surface area contributed by atoms with E-state index in [0.29, 0.717) is 25.5 Å². The molecule has 300 valence electrons. The van der Waals surface area contributed by atoms with Gasteiger partial charge in [0.05, 0.1) is 22.5 Å². The van der Waals surface area contributed by atoms with E-state index in [-0.39, 0.29) is 63.5 Å². The Kier molecular flexibility index (Phi) is 11.2. The number of carbonyl (C=O) groups is 2. The Balaban J connectivity index is 0.910. The number of piperazine rings is 1. The van der Waals surface area contributed by atoms with Gasteiger partial charge < -0.3 is 24.3 Å². The smallest absolute Gasteiger partial charge is 0.282 e. The van der Waals surface area contributed by atoms with Crippen LogP contribution in [0.4, 0.5) is 10.2 Å². The van der Waals surface area contributed by atoms with Gasteiger partial charge in [-0.3, -0.25) is 14.5 Å². The normalized spacial score (nSPS) is 21.0. The van der Waals surface area contributed by atoms with Crippen LogP contribution in [0.5, 0.6) is 11.6 Å². The van der Waals surface area contributed by atoms with E-state index in [1.54, 1.807) is 28.0 Å². The van der Waals surface area contributed by atoms with E-state index in [9.17, 15) is 22.4 Å². The number of hydrogen-bond acceptors (Lipinski definition) is 11. The minimum Gasteiger partial charge on any atom is -0.434 e. The molecule has 56 heavy (non-hydrogen) atoms. The molecule has 4 aliphatic heterocycles. The third-order valence-electron chi connectivity index (χ3n) is 11.5. The lowest BCUT2D eigenvalue weighted by Crippen LogP contribution is -2.80. The number of aromatic nitrogens is 3. The summed E-state index contributed by atoms with van der Waals surface area (Å²) in [6.45, 7) is 13.2. The van der Waals surface area contributed by atoms with Crippen LogP contribution in [0.25, 0.3) is 0 Å². The molecule has 4 fully saturated rings. The van der Waals surface area contributed by atoms with E-state index in [2.05, 4.69) is 25.0 Å². The number of likely N-dealkylation sites (tertiary alicyclic amines) is 2. The Labute approximate surface area is 329 Å². The number of amides is 2. The monoisotopic (exact) mass is 789 g/mol. The highest BCUT2D eigenvalue weighted by Crippen LogP contribution is 2.45. The molecule has 16 heteroatoms. The fourth-order valence-electron chi connectivity index (χ4n) is 8.39. The van der Waals surface area contributed by atoms with Gasteiger partial charge in [0.2, 0.25) is 15.9 Å². The summed E-state index contributed by atoms with van der Waals surface area (Å²) in [6, 6.07) is 10.7. The third-order valence-corrected chi connectivity index (χ3v) is 13.4. The predicted octanol–water partition coefficient (Wildman–Crippen LogP) is 3.87. The fourth-order valence-corrected chi connectivity index (χ4v) is 10.1. The van der Waals surface area contributed by atoms with Crippen LogP contribution in [0.1, 0.15) is 56.5 Å². The van der Waals surface area contributed by atoms with Gasteiger partial charge in [0, 0.05) is 62.8 Å². The Bertz CT molecular complexity index is 2060. The van der Waals surface area contributed by atoms with Crippen LogP contribution >= 0.6 is 0 Å². The van der Waals surface area contributed by atoms with E-state index in [1.807, 2.05) is 64.9 Å². The summed E-state index contributed by atoms with van der Waals surface area (Å²) < 4.78 is 49.0. The van der Waals surface area contributed by atoms with Crippen LogP contribution < -0.4 is 9.64 Å². The number of halogens is 1. The first-order valence-corrected chi connectivity index (χ1v) is 20.8. The number of piperidine rings is 1. The number of likely N-dealkylation sites (N-methyl/N-ethyl adjacent to an activating group) is 1. The second-order valence-corrected chi connectivity index (χ2v) is 18.3. The first kappa shape index (κ1) is 39.7. The summed E-state index contributed by atoms with van der Waals surface area (Å²) >= 11 is 0. The number of ether oxygens (including phenoxy) is 1. The maximum atomic E-state index is 14.4. The van der Waals surface area contributed by atoms with Crippen molar-refractivity contribution in [2.75, 3.05) is 64.8 Å². The zero-order chi connectivity index (χ0) is 39.9. The zero-order valence-corrected chi connectivity index (χ0v) is 33.8. The molecule has 5 heterocycles. The number of nitrogens with zero attached hydrogens (tertiary/aromatic N) is 9. The molecular formula is C40H52FN9O5S. The van der Waals surface area contributed by atoms with Crippen LogP contribution in [-0.2, 0) is 21.4 Å². The highest BCUT2D eigenvalue weighted by molar-refractivity contribution is 7.89. The van der Waals surface area contributed by atoms with Crippen molar-refractivity contribution in [3.05, 3.63) is 77.9 Å². The average Bonchev–Trinajstić information content (AvgIpc) is 3.12. The molecule has 2 aromatic carbocycles. The molecule has 0 bridgehead atoms. The number of carbonyl (C=O) groups excluding carboxylic acids is 2. The molecule has 1 spiro atoms. The van der Waals surface area contributed by atoms with Gasteiger partial charge in [-0.1, -0.05) is 18.2 Å². The molecule has 2 atom stereocenters. The summed E-state index contributed by atoms with van der Waals surface area (Å²) in [7, 11) is 0.230. The van der Waals surface area contributed by atoms with Crippen molar-refractivity contribution in [1.29, 1.82) is 0 Å². The van der Waals surface area contributed by atoms with Crippen LogP contribution in [0, 0.1) is 11.2 Å². The molecule has 4 saturated heterocycles. The molecule has 14 nitrogen and oxygen atoms in total. The second kappa shape index (κ2) is 15.8. The Morgan fingerprint density at radius 2 is 1.70 bits per heavy atom. The van der Waals surface area contributed by atoms with Gasteiger partial charge in [-0.2, -0.15) is 4.31 Å². The lowest BCUT2D eigenvalue weighted by atomic mass is 9.72. The number of benzene rings is 2. The van der Waals surface area contributed by atoms with Gasteiger partial charge >= 0.3 is 0 Å². The molecule has 1 aromatic heterocycles. The van der Waals surface area contributed by atoms with Gasteiger partial charge in [0.15, 0.2) is 5.82 Å². The van der Waals surface area contributed by atoms with Gasteiger partial charge in [0.25, 0.3) is 11.8 Å². The third kappa shape index (κ3) is 7.88. The van der Waals surface area contributed by atoms with Crippen LogP contribution in [-0.4, -0.2) is 143 Å². The van der Waals surface area contributed by atoms with Crippen LogP contribution in [0.15, 0.2) is 65.8 Å². The lowest BCUT2D eigenvalue weighted by Gasteiger charge is -2.60.